The second-order valence-corrected chi connectivity index (χ2v) is 7.04. The van der Waals surface area contributed by atoms with Crippen molar-refractivity contribution in [2.24, 2.45) is 0 Å². The zero-order chi connectivity index (χ0) is 17.8. The van der Waals surface area contributed by atoms with Crippen LogP contribution in [0.15, 0.2) is 54.0 Å². The molecule has 0 saturated carbocycles. The number of hydrogen-bond donors (Lipinski definition) is 1. The molecule has 3 nitrogen and oxygen atoms in total. The third kappa shape index (κ3) is 4.15. The van der Waals surface area contributed by atoms with E-state index in [9.17, 15) is 5.26 Å². The van der Waals surface area contributed by atoms with Gasteiger partial charge in [0.1, 0.15) is 16.6 Å². The summed E-state index contributed by atoms with van der Waals surface area (Å²) in [5.41, 5.74) is 2.71. The normalized spacial score (nSPS) is 11.2. The summed E-state index contributed by atoms with van der Waals surface area (Å²) in [4.78, 5) is 4.51. The van der Waals surface area contributed by atoms with Crippen LogP contribution in [-0.2, 0) is 0 Å². The molecule has 0 saturated heterocycles. The first-order valence-electron chi connectivity index (χ1n) is 7.11. The first-order chi connectivity index (χ1) is 12.1. The molecule has 0 aliphatic carbocycles. The number of para-hydroxylation sites is 1. The van der Waals surface area contributed by atoms with E-state index in [1.54, 1.807) is 24.4 Å². The lowest BCUT2D eigenvalue weighted by molar-refractivity contribution is 1.36. The molecule has 0 atom stereocenters. The van der Waals surface area contributed by atoms with Gasteiger partial charge in [0.2, 0.25) is 0 Å². The Morgan fingerprint density at radius 2 is 1.88 bits per heavy atom. The number of benzene rings is 2. The van der Waals surface area contributed by atoms with Gasteiger partial charge in [-0.05, 0) is 24.3 Å². The summed E-state index contributed by atoms with van der Waals surface area (Å²) >= 11 is 19.5. The highest BCUT2D eigenvalue weighted by molar-refractivity contribution is 7.11. The summed E-state index contributed by atoms with van der Waals surface area (Å²) in [5, 5.41) is 16.5. The Morgan fingerprint density at radius 1 is 1.08 bits per heavy atom. The Hall–Kier alpha value is -2.03. The largest absolute Gasteiger partial charge is 0.359 e. The first-order valence-corrected chi connectivity index (χ1v) is 9.12. The predicted octanol–water partition coefficient (Wildman–Crippen LogP) is 6.75. The highest BCUT2D eigenvalue weighted by atomic mass is 35.5. The Balaban J connectivity index is 1.86. The maximum Gasteiger partial charge on any atom is 0.136 e. The SMILES string of the molecule is N#C/C(=C/Nc1ccccc1Cl)c1nc(-c2ccc(Cl)c(Cl)c2)cs1. The molecule has 0 aliphatic rings. The van der Waals surface area contributed by atoms with Crippen LogP contribution in [-0.4, -0.2) is 4.98 Å². The number of rotatable bonds is 4. The minimum atomic E-state index is 0.413. The van der Waals surface area contributed by atoms with Crippen LogP contribution >= 0.6 is 46.1 Å². The number of nitrogens with one attached hydrogen (secondary N) is 1. The maximum absolute atomic E-state index is 9.42. The first kappa shape index (κ1) is 17.8. The molecule has 0 unspecified atom stereocenters. The Morgan fingerprint density at radius 3 is 2.60 bits per heavy atom. The lowest BCUT2D eigenvalue weighted by Gasteiger charge is -2.03. The zero-order valence-corrected chi connectivity index (χ0v) is 15.7. The standard InChI is InChI=1S/C18H10Cl3N3S/c19-13-6-5-11(7-15(13)21)17-10-25-18(24-17)12(8-22)9-23-16-4-2-1-3-14(16)20/h1-7,9-10,23H/b12-9-. The number of nitrogens with zero attached hydrogens (tertiary/aromatic N) is 2. The number of anilines is 1. The fourth-order valence-corrected chi connectivity index (χ4v) is 3.34. The van der Waals surface area contributed by atoms with Crippen LogP contribution in [0.4, 0.5) is 5.69 Å². The van der Waals surface area contributed by atoms with E-state index in [1.165, 1.54) is 11.3 Å². The van der Waals surface area contributed by atoms with Crippen molar-refractivity contribution in [1.82, 2.24) is 4.98 Å². The number of aromatic nitrogens is 1. The molecule has 1 aromatic heterocycles. The summed E-state index contributed by atoms with van der Waals surface area (Å²) in [5.74, 6) is 0. The Kier molecular flexibility index (Phi) is 5.62. The summed E-state index contributed by atoms with van der Waals surface area (Å²) in [6, 6.07) is 14.8. The van der Waals surface area contributed by atoms with E-state index in [0.717, 1.165) is 16.9 Å². The quantitative estimate of drug-likeness (QED) is 0.488. The van der Waals surface area contributed by atoms with Gasteiger partial charge < -0.3 is 5.32 Å². The van der Waals surface area contributed by atoms with Crippen LogP contribution in [0.5, 0.6) is 0 Å². The Bertz CT molecular complexity index is 989. The molecular weight excluding hydrogens is 397 g/mol. The smallest absolute Gasteiger partial charge is 0.136 e. The third-order valence-corrected chi connectivity index (χ3v) is 5.26. The molecule has 0 fully saturated rings. The lowest BCUT2D eigenvalue weighted by Crippen LogP contribution is -1.91. The van der Waals surface area contributed by atoms with Gasteiger partial charge in [0, 0.05) is 17.1 Å². The number of thiazole rings is 1. The summed E-state index contributed by atoms with van der Waals surface area (Å²) in [6.07, 6.45) is 1.60. The molecule has 1 heterocycles. The van der Waals surface area contributed by atoms with E-state index in [2.05, 4.69) is 16.4 Å². The molecule has 0 radical (unpaired) electrons. The molecule has 3 aromatic rings. The van der Waals surface area contributed by atoms with Crippen LogP contribution < -0.4 is 5.32 Å². The zero-order valence-electron chi connectivity index (χ0n) is 12.6. The van der Waals surface area contributed by atoms with E-state index in [4.69, 9.17) is 34.8 Å². The number of allylic oxidation sites excluding steroid dienone is 1. The topological polar surface area (TPSA) is 48.7 Å². The van der Waals surface area contributed by atoms with Crippen molar-refractivity contribution in [2.75, 3.05) is 5.32 Å². The van der Waals surface area contributed by atoms with Gasteiger partial charge in [-0.2, -0.15) is 5.26 Å². The number of hydrogen-bond acceptors (Lipinski definition) is 4. The maximum atomic E-state index is 9.42. The second-order valence-electron chi connectivity index (χ2n) is 4.96. The van der Waals surface area contributed by atoms with Crippen LogP contribution in [0.2, 0.25) is 15.1 Å². The minimum absolute atomic E-state index is 0.413. The van der Waals surface area contributed by atoms with Crippen molar-refractivity contribution in [2.45, 2.75) is 0 Å². The second kappa shape index (κ2) is 7.90. The van der Waals surface area contributed by atoms with Gasteiger partial charge >= 0.3 is 0 Å². The Labute approximate surface area is 164 Å². The van der Waals surface area contributed by atoms with E-state index >= 15 is 0 Å². The predicted molar refractivity (Wildman–Crippen MR) is 106 cm³/mol. The number of halogens is 3. The lowest BCUT2D eigenvalue weighted by atomic mass is 10.2. The van der Waals surface area contributed by atoms with Crippen molar-refractivity contribution >= 4 is 57.4 Å². The number of nitriles is 1. The van der Waals surface area contributed by atoms with Crippen molar-refractivity contribution < 1.29 is 0 Å². The summed E-state index contributed by atoms with van der Waals surface area (Å²) < 4.78 is 0. The van der Waals surface area contributed by atoms with Crippen LogP contribution in [0.1, 0.15) is 5.01 Å². The molecular formula is C18H10Cl3N3S. The van der Waals surface area contributed by atoms with Crippen molar-refractivity contribution in [3.05, 3.63) is 74.1 Å². The van der Waals surface area contributed by atoms with Crippen molar-refractivity contribution in [3.63, 3.8) is 0 Å². The molecule has 0 amide bonds. The molecule has 2 aromatic carbocycles. The summed E-state index contributed by atoms with van der Waals surface area (Å²) in [7, 11) is 0. The average molecular weight is 407 g/mol. The van der Waals surface area contributed by atoms with Gasteiger partial charge in [0.15, 0.2) is 0 Å². The molecule has 124 valence electrons. The van der Waals surface area contributed by atoms with Gasteiger partial charge in [-0.1, -0.05) is 53.0 Å². The molecule has 0 aliphatic heterocycles. The van der Waals surface area contributed by atoms with E-state index < -0.39 is 0 Å². The molecule has 3 rings (SSSR count). The van der Waals surface area contributed by atoms with Gasteiger partial charge in [-0.15, -0.1) is 11.3 Å². The molecule has 7 heteroatoms. The van der Waals surface area contributed by atoms with Crippen LogP contribution in [0.25, 0.3) is 16.8 Å². The van der Waals surface area contributed by atoms with E-state index in [0.29, 0.717) is 25.6 Å². The van der Waals surface area contributed by atoms with Crippen LogP contribution in [0, 0.1) is 11.3 Å². The molecule has 1 N–H and O–H groups in total. The molecule has 25 heavy (non-hydrogen) atoms. The highest BCUT2D eigenvalue weighted by Gasteiger charge is 2.10. The van der Waals surface area contributed by atoms with E-state index in [1.807, 2.05) is 29.6 Å². The van der Waals surface area contributed by atoms with Crippen molar-refractivity contribution in [1.29, 1.82) is 5.26 Å². The molecule has 0 spiro atoms. The van der Waals surface area contributed by atoms with Gasteiger partial charge in [0.05, 0.1) is 26.4 Å². The highest BCUT2D eigenvalue weighted by Crippen LogP contribution is 2.31. The molecule has 0 bridgehead atoms. The van der Waals surface area contributed by atoms with Crippen molar-refractivity contribution in [3.8, 4) is 17.3 Å². The van der Waals surface area contributed by atoms with Gasteiger partial charge in [-0.25, -0.2) is 4.98 Å². The third-order valence-electron chi connectivity index (χ3n) is 3.32. The summed E-state index contributed by atoms with van der Waals surface area (Å²) in [6.45, 7) is 0. The van der Waals surface area contributed by atoms with Crippen LogP contribution in [0.3, 0.4) is 0 Å². The fraction of sp³-hybridized carbons (Fsp3) is 0. The monoisotopic (exact) mass is 405 g/mol. The van der Waals surface area contributed by atoms with Gasteiger partial charge in [-0.3, -0.25) is 0 Å². The van der Waals surface area contributed by atoms with E-state index in [-0.39, 0.29) is 0 Å². The fourth-order valence-electron chi connectivity index (χ4n) is 2.06. The average Bonchev–Trinajstić information content (AvgIpc) is 3.09. The minimum Gasteiger partial charge on any atom is -0.359 e. The van der Waals surface area contributed by atoms with Gasteiger partial charge in [0.25, 0.3) is 0 Å².